The van der Waals surface area contributed by atoms with Crippen LogP contribution >= 0.6 is 0 Å². The standard InChI is InChI=1S/C22H26N4/c1-21(15-23,17-7-11-19(12-8-17)25(3)4)22(2,16-24)18-9-13-20(14-10-18)26(5)6/h7-14H,1-6H3/t21-,22+. The average molecular weight is 346 g/mol. The third-order valence-corrected chi connectivity index (χ3v) is 5.37. The van der Waals surface area contributed by atoms with Gasteiger partial charge in [-0.05, 0) is 49.2 Å². The molecule has 0 heterocycles. The van der Waals surface area contributed by atoms with Crippen molar-refractivity contribution in [2.75, 3.05) is 38.0 Å². The molecule has 134 valence electrons. The molecule has 2 aromatic rings. The van der Waals surface area contributed by atoms with Gasteiger partial charge in [-0.25, -0.2) is 0 Å². The first-order valence-electron chi connectivity index (χ1n) is 8.58. The second-order valence-corrected chi connectivity index (χ2v) is 7.36. The topological polar surface area (TPSA) is 54.1 Å². The lowest BCUT2D eigenvalue weighted by Crippen LogP contribution is -2.43. The van der Waals surface area contributed by atoms with Crippen LogP contribution in [-0.2, 0) is 10.8 Å². The number of benzene rings is 2. The van der Waals surface area contributed by atoms with Crippen molar-refractivity contribution in [3.05, 3.63) is 59.7 Å². The molecule has 26 heavy (non-hydrogen) atoms. The summed E-state index contributed by atoms with van der Waals surface area (Å²) < 4.78 is 0. The van der Waals surface area contributed by atoms with Gasteiger partial charge in [0.1, 0.15) is 10.8 Å². The second kappa shape index (κ2) is 7.10. The summed E-state index contributed by atoms with van der Waals surface area (Å²) in [5, 5.41) is 20.1. The molecule has 0 radical (unpaired) electrons. The number of rotatable bonds is 5. The van der Waals surface area contributed by atoms with E-state index in [0.29, 0.717) is 0 Å². The van der Waals surface area contributed by atoms with Gasteiger partial charge in [-0.3, -0.25) is 0 Å². The third-order valence-electron chi connectivity index (χ3n) is 5.37. The van der Waals surface area contributed by atoms with Crippen LogP contribution in [0.5, 0.6) is 0 Å². The fourth-order valence-corrected chi connectivity index (χ4v) is 3.12. The highest BCUT2D eigenvalue weighted by molar-refractivity contribution is 5.55. The van der Waals surface area contributed by atoms with E-state index in [1.807, 2.05) is 100 Å². The van der Waals surface area contributed by atoms with Crippen LogP contribution in [0, 0.1) is 22.7 Å². The van der Waals surface area contributed by atoms with Gasteiger partial charge in [0.25, 0.3) is 0 Å². The Morgan fingerprint density at radius 2 is 0.885 bits per heavy atom. The third kappa shape index (κ3) is 3.11. The van der Waals surface area contributed by atoms with Gasteiger partial charge in [0, 0.05) is 39.6 Å². The van der Waals surface area contributed by atoms with E-state index in [1.165, 1.54) is 0 Å². The number of nitrogens with zero attached hydrogens (tertiary/aromatic N) is 4. The average Bonchev–Trinajstić information content (AvgIpc) is 2.66. The van der Waals surface area contributed by atoms with Crippen LogP contribution in [0.15, 0.2) is 48.5 Å². The normalized spacial score (nSPS) is 15.1. The number of nitriles is 2. The highest BCUT2D eigenvalue weighted by Crippen LogP contribution is 2.44. The minimum atomic E-state index is -0.980. The van der Waals surface area contributed by atoms with E-state index in [4.69, 9.17) is 0 Å². The van der Waals surface area contributed by atoms with Gasteiger partial charge >= 0.3 is 0 Å². The van der Waals surface area contributed by atoms with E-state index < -0.39 is 10.8 Å². The van der Waals surface area contributed by atoms with Crippen molar-refractivity contribution >= 4 is 11.4 Å². The summed E-state index contributed by atoms with van der Waals surface area (Å²) in [4.78, 5) is 4.02. The van der Waals surface area contributed by atoms with Crippen molar-refractivity contribution in [2.45, 2.75) is 24.7 Å². The Morgan fingerprint density at radius 1 is 0.615 bits per heavy atom. The molecular weight excluding hydrogens is 320 g/mol. The molecule has 4 heteroatoms. The predicted octanol–water partition coefficient (Wildman–Crippen LogP) is 4.08. The maximum atomic E-state index is 10.1. The molecule has 0 spiro atoms. The van der Waals surface area contributed by atoms with Gasteiger partial charge in [-0.15, -0.1) is 0 Å². The van der Waals surface area contributed by atoms with Gasteiger partial charge in [0.2, 0.25) is 0 Å². The largest absolute Gasteiger partial charge is 0.378 e. The zero-order valence-electron chi connectivity index (χ0n) is 16.4. The van der Waals surface area contributed by atoms with Crippen LogP contribution in [0.2, 0.25) is 0 Å². The Morgan fingerprint density at radius 3 is 1.08 bits per heavy atom. The van der Waals surface area contributed by atoms with Crippen molar-refractivity contribution in [3.63, 3.8) is 0 Å². The van der Waals surface area contributed by atoms with Crippen LogP contribution < -0.4 is 9.80 Å². The maximum Gasteiger partial charge on any atom is 0.102 e. The second-order valence-electron chi connectivity index (χ2n) is 7.36. The monoisotopic (exact) mass is 346 g/mol. The summed E-state index contributed by atoms with van der Waals surface area (Å²) in [5.74, 6) is 0. The molecular formula is C22H26N4. The summed E-state index contributed by atoms with van der Waals surface area (Å²) in [6, 6.07) is 20.6. The molecule has 2 atom stereocenters. The maximum absolute atomic E-state index is 10.1. The van der Waals surface area contributed by atoms with Crippen molar-refractivity contribution in [1.82, 2.24) is 0 Å². The molecule has 0 bridgehead atoms. The Kier molecular flexibility index (Phi) is 5.28. The predicted molar refractivity (Wildman–Crippen MR) is 107 cm³/mol. The first-order chi connectivity index (χ1) is 12.2. The van der Waals surface area contributed by atoms with Crippen molar-refractivity contribution < 1.29 is 0 Å². The van der Waals surface area contributed by atoms with Gasteiger partial charge in [0.15, 0.2) is 0 Å². The van der Waals surface area contributed by atoms with Crippen molar-refractivity contribution in [2.24, 2.45) is 0 Å². The van der Waals surface area contributed by atoms with E-state index in [2.05, 4.69) is 12.1 Å². The minimum absolute atomic E-state index is 0.839. The zero-order valence-corrected chi connectivity index (χ0v) is 16.4. The SMILES string of the molecule is CN(C)c1ccc([C@](C)(C#N)[C@](C)(C#N)c2ccc(N(C)C)cc2)cc1. The molecule has 4 nitrogen and oxygen atoms in total. The van der Waals surface area contributed by atoms with Gasteiger partial charge < -0.3 is 9.80 Å². The molecule has 0 aliphatic carbocycles. The summed E-state index contributed by atoms with van der Waals surface area (Å²) in [5.41, 5.74) is 1.84. The van der Waals surface area contributed by atoms with E-state index >= 15 is 0 Å². The van der Waals surface area contributed by atoms with Crippen molar-refractivity contribution in [1.29, 1.82) is 10.5 Å². The van der Waals surface area contributed by atoms with Crippen molar-refractivity contribution in [3.8, 4) is 12.1 Å². The van der Waals surface area contributed by atoms with Crippen LogP contribution in [-0.4, -0.2) is 28.2 Å². The van der Waals surface area contributed by atoms with E-state index in [0.717, 1.165) is 22.5 Å². The molecule has 0 fully saturated rings. The Balaban J connectivity index is 2.56. The lowest BCUT2D eigenvalue weighted by Gasteiger charge is -2.37. The molecule has 0 amide bonds. The first-order valence-corrected chi connectivity index (χ1v) is 8.58. The van der Waals surface area contributed by atoms with Crippen LogP contribution in [0.4, 0.5) is 11.4 Å². The molecule has 0 aliphatic rings. The molecule has 0 saturated heterocycles. The van der Waals surface area contributed by atoms with Gasteiger partial charge in [0.05, 0.1) is 12.1 Å². The highest BCUT2D eigenvalue weighted by atomic mass is 15.1. The number of hydrogen-bond donors (Lipinski definition) is 0. The minimum Gasteiger partial charge on any atom is -0.378 e. The summed E-state index contributed by atoms with van der Waals surface area (Å²) in [6.45, 7) is 3.70. The van der Waals surface area contributed by atoms with Crippen LogP contribution in [0.3, 0.4) is 0 Å². The molecule has 0 aromatic heterocycles. The number of anilines is 2. The van der Waals surface area contributed by atoms with Crippen LogP contribution in [0.25, 0.3) is 0 Å². The van der Waals surface area contributed by atoms with E-state index in [1.54, 1.807) is 0 Å². The molecule has 0 N–H and O–H groups in total. The summed E-state index contributed by atoms with van der Waals surface area (Å²) in [6.07, 6.45) is 0. The molecule has 0 unspecified atom stereocenters. The quantitative estimate of drug-likeness (QED) is 0.818. The number of hydrogen-bond acceptors (Lipinski definition) is 4. The van der Waals surface area contributed by atoms with E-state index in [-0.39, 0.29) is 0 Å². The molecule has 2 rings (SSSR count). The molecule has 0 saturated carbocycles. The first kappa shape index (κ1) is 19.3. The highest BCUT2D eigenvalue weighted by Gasteiger charge is 2.48. The van der Waals surface area contributed by atoms with Crippen LogP contribution in [0.1, 0.15) is 25.0 Å². The fraction of sp³-hybridized carbons (Fsp3) is 0.364. The summed E-state index contributed by atoms with van der Waals surface area (Å²) >= 11 is 0. The smallest absolute Gasteiger partial charge is 0.102 e. The zero-order chi connectivity index (χ0) is 19.5. The summed E-state index contributed by atoms with van der Waals surface area (Å²) in [7, 11) is 7.91. The fourth-order valence-electron chi connectivity index (χ4n) is 3.12. The Bertz CT molecular complexity index is 764. The van der Waals surface area contributed by atoms with E-state index in [9.17, 15) is 10.5 Å². The molecule has 0 aliphatic heterocycles. The lowest BCUT2D eigenvalue weighted by molar-refractivity contribution is 0.407. The molecule has 2 aromatic carbocycles. The van der Waals surface area contributed by atoms with Gasteiger partial charge in [-0.2, -0.15) is 10.5 Å². The Labute approximate surface area is 156 Å². The van der Waals surface area contributed by atoms with Gasteiger partial charge in [-0.1, -0.05) is 24.3 Å². The lowest BCUT2D eigenvalue weighted by atomic mass is 9.60. The Hall–Kier alpha value is -2.98.